The van der Waals surface area contributed by atoms with Crippen LogP contribution in [-0.4, -0.2) is 34.9 Å². The van der Waals surface area contributed by atoms with Gasteiger partial charge >= 0.3 is 11.9 Å². The van der Waals surface area contributed by atoms with E-state index in [0.717, 1.165) is 24.3 Å². The molecule has 10 heteroatoms. The van der Waals surface area contributed by atoms with Crippen molar-refractivity contribution < 1.29 is 38.1 Å². The van der Waals surface area contributed by atoms with Crippen molar-refractivity contribution in [3.05, 3.63) is 47.0 Å². The van der Waals surface area contributed by atoms with Crippen molar-refractivity contribution in [3.63, 3.8) is 0 Å². The third-order valence-electron chi connectivity index (χ3n) is 3.78. The van der Waals surface area contributed by atoms with Crippen LogP contribution in [0, 0.1) is 11.6 Å². The minimum atomic E-state index is -1.36. The molecule has 150 valence electrons. The first-order valence-corrected chi connectivity index (χ1v) is 8.04. The van der Waals surface area contributed by atoms with E-state index in [1.54, 1.807) is 6.92 Å². The first-order chi connectivity index (χ1) is 13.1. The van der Waals surface area contributed by atoms with Crippen molar-refractivity contribution in [2.75, 3.05) is 18.1 Å². The zero-order valence-electron chi connectivity index (χ0n) is 14.7. The Morgan fingerprint density at radius 2 is 1.43 bits per heavy atom. The van der Waals surface area contributed by atoms with Gasteiger partial charge in [-0.25, -0.2) is 18.4 Å². The van der Waals surface area contributed by atoms with Crippen LogP contribution in [0.4, 0.5) is 20.2 Å². The average molecular weight is 396 g/mol. The van der Waals surface area contributed by atoms with Crippen LogP contribution < -0.4 is 20.9 Å². The molecule has 0 amide bonds. The second-order valence-corrected chi connectivity index (χ2v) is 5.92. The molecule has 0 aromatic heterocycles. The Balaban J connectivity index is 1.98. The van der Waals surface area contributed by atoms with Gasteiger partial charge in [0, 0.05) is 18.6 Å². The molecule has 0 saturated heterocycles. The summed E-state index contributed by atoms with van der Waals surface area (Å²) in [7, 11) is 0. The molecule has 28 heavy (non-hydrogen) atoms. The maximum absolute atomic E-state index is 14.0. The fraction of sp³-hybridized carbons (Fsp3) is 0.222. The van der Waals surface area contributed by atoms with Crippen molar-refractivity contribution in [2.24, 2.45) is 0 Å². The minimum absolute atomic E-state index is 0.0335. The standard InChI is InChI=1S/C18H18F2N2O6/c1-8(28-16-7-14(22)10(18(25)26)5-12(16)20)2-3-27-15-6-13(21)9(17(23)24)4-11(15)19/h4-8H,2-3,21-22H2,1H3,(H,23,24)(H,25,26). The number of nitrogen functional groups attached to an aromatic ring is 2. The lowest BCUT2D eigenvalue weighted by Crippen LogP contribution is -2.17. The van der Waals surface area contributed by atoms with E-state index in [-0.39, 0.29) is 47.0 Å². The molecule has 0 aliphatic heterocycles. The first kappa shape index (κ1) is 20.7. The van der Waals surface area contributed by atoms with Gasteiger partial charge < -0.3 is 31.2 Å². The molecule has 6 N–H and O–H groups in total. The number of benzene rings is 2. The number of hydrogen-bond acceptors (Lipinski definition) is 6. The maximum Gasteiger partial charge on any atom is 0.337 e. The number of nitrogens with two attached hydrogens (primary N) is 2. The monoisotopic (exact) mass is 396 g/mol. The minimum Gasteiger partial charge on any atom is -0.490 e. The van der Waals surface area contributed by atoms with Crippen LogP contribution >= 0.6 is 0 Å². The molecule has 0 aliphatic carbocycles. The molecule has 0 heterocycles. The summed E-state index contributed by atoms with van der Waals surface area (Å²) in [6.45, 7) is 1.57. The summed E-state index contributed by atoms with van der Waals surface area (Å²) in [5.41, 5.74) is 10.1. The molecule has 0 bridgehead atoms. The number of halogens is 2. The van der Waals surface area contributed by atoms with Gasteiger partial charge in [-0.1, -0.05) is 0 Å². The van der Waals surface area contributed by atoms with Crippen molar-refractivity contribution in [2.45, 2.75) is 19.4 Å². The lowest BCUT2D eigenvalue weighted by molar-refractivity contribution is 0.0686. The van der Waals surface area contributed by atoms with Crippen LogP contribution in [0.3, 0.4) is 0 Å². The molecule has 1 unspecified atom stereocenters. The highest BCUT2D eigenvalue weighted by Gasteiger charge is 2.17. The summed E-state index contributed by atoms with van der Waals surface area (Å²) in [6, 6.07) is 3.66. The second-order valence-electron chi connectivity index (χ2n) is 5.92. The fourth-order valence-electron chi connectivity index (χ4n) is 2.32. The summed E-state index contributed by atoms with van der Waals surface area (Å²) in [6.07, 6.45) is -0.372. The molecule has 1 atom stereocenters. The van der Waals surface area contributed by atoms with Crippen LogP contribution in [0.15, 0.2) is 24.3 Å². The number of anilines is 2. The van der Waals surface area contributed by atoms with Crippen molar-refractivity contribution in [1.29, 1.82) is 0 Å². The number of aromatic carboxylic acids is 2. The van der Waals surface area contributed by atoms with E-state index < -0.39 is 29.7 Å². The van der Waals surface area contributed by atoms with Crippen LogP contribution in [0.5, 0.6) is 11.5 Å². The number of ether oxygens (including phenoxy) is 2. The van der Waals surface area contributed by atoms with Gasteiger partial charge in [0.25, 0.3) is 0 Å². The van der Waals surface area contributed by atoms with E-state index in [9.17, 15) is 18.4 Å². The average Bonchev–Trinajstić information content (AvgIpc) is 2.59. The first-order valence-electron chi connectivity index (χ1n) is 8.04. The zero-order valence-corrected chi connectivity index (χ0v) is 14.7. The summed E-state index contributed by atoms with van der Waals surface area (Å²) in [5.74, 6) is -4.95. The van der Waals surface area contributed by atoms with Crippen molar-refractivity contribution in [1.82, 2.24) is 0 Å². The second kappa shape index (κ2) is 8.42. The highest BCUT2D eigenvalue weighted by atomic mass is 19.1. The fourth-order valence-corrected chi connectivity index (χ4v) is 2.32. The van der Waals surface area contributed by atoms with E-state index in [4.69, 9.17) is 31.2 Å². The van der Waals surface area contributed by atoms with Gasteiger partial charge in [0.1, 0.15) is 0 Å². The third-order valence-corrected chi connectivity index (χ3v) is 3.78. The van der Waals surface area contributed by atoms with Gasteiger partial charge in [-0.2, -0.15) is 0 Å². The van der Waals surface area contributed by atoms with Crippen LogP contribution in [0.2, 0.25) is 0 Å². The molecular weight excluding hydrogens is 378 g/mol. The molecule has 0 aliphatic rings. The summed E-state index contributed by atoms with van der Waals surface area (Å²) >= 11 is 0. The molecular formula is C18H18F2N2O6. The van der Waals surface area contributed by atoms with Crippen molar-refractivity contribution >= 4 is 23.3 Å². The van der Waals surface area contributed by atoms with Gasteiger partial charge in [0.15, 0.2) is 23.1 Å². The Bertz CT molecular complexity index is 919. The summed E-state index contributed by atoms with van der Waals surface area (Å²) in [4.78, 5) is 21.8. The molecule has 0 saturated carbocycles. The molecule has 8 nitrogen and oxygen atoms in total. The number of hydrogen-bond donors (Lipinski definition) is 4. The lowest BCUT2D eigenvalue weighted by atomic mass is 10.1. The van der Waals surface area contributed by atoms with Gasteiger partial charge in [0.2, 0.25) is 0 Å². The number of carboxylic acids is 2. The predicted octanol–water partition coefficient (Wildman–Crippen LogP) is 2.76. The maximum atomic E-state index is 14.0. The summed E-state index contributed by atoms with van der Waals surface area (Å²) < 4.78 is 38.4. The molecule has 2 aromatic carbocycles. The third kappa shape index (κ3) is 4.78. The van der Waals surface area contributed by atoms with Crippen LogP contribution in [0.25, 0.3) is 0 Å². The Morgan fingerprint density at radius 1 is 0.964 bits per heavy atom. The normalized spacial score (nSPS) is 11.7. The Kier molecular flexibility index (Phi) is 6.24. The molecule has 2 aromatic rings. The van der Waals surface area contributed by atoms with E-state index in [1.807, 2.05) is 0 Å². The highest BCUT2D eigenvalue weighted by molar-refractivity contribution is 5.94. The molecule has 0 radical (unpaired) electrons. The van der Waals surface area contributed by atoms with Gasteiger partial charge in [-0.05, 0) is 19.1 Å². The smallest absolute Gasteiger partial charge is 0.337 e. The van der Waals surface area contributed by atoms with E-state index >= 15 is 0 Å². The van der Waals surface area contributed by atoms with Crippen LogP contribution in [0.1, 0.15) is 34.1 Å². The summed E-state index contributed by atoms with van der Waals surface area (Å²) in [5, 5.41) is 17.8. The Hall–Kier alpha value is -3.56. The zero-order chi connectivity index (χ0) is 21.0. The van der Waals surface area contributed by atoms with E-state index in [1.165, 1.54) is 0 Å². The lowest BCUT2D eigenvalue weighted by Gasteiger charge is -2.17. The topological polar surface area (TPSA) is 145 Å². The SMILES string of the molecule is CC(CCOc1cc(N)c(C(=O)O)cc1F)Oc1cc(N)c(C(=O)O)cc1F. The molecule has 0 spiro atoms. The molecule has 0 fully saturated rings. The highest BCUT2D eigenvalue weighted by Crippen LogP contribution is 2.27. The van der Waals surface area contributed by atoms with Gasteiger partial charge in [-0.3, -0.25) is 0 Å². The quantitative estimate of drug-likeness (QED) is 0.498. The van der Waals surface area contributed by atoms with E-state index in [0.29, 0.717) is 0 Å². The van der Waals surface area contributed by atoms with E-state index in [2.05, 4.69) is 0 Å². The Labute approximate surface area is 158 Å². The molecule has 2 rings (SSSR count). The Morgan fingerprint density at radius 3 is 1.93 bits per heavy atom. The number of carbonyl (C=O) groups is 2. The number of rotatable bonds is 8. The van der Waals surface area contributed by atoms with Crippen molar-refractivity contribution in [3.8, 4) is 11.5 Å². The van der Waals surface area contributed by atoms with Gasteiger partial charge in [-0.15, -0.1) is 0 Å². The number of carboxylic acid groups (broad SMARTS) is 2. The van der Waals surface area contributed by atoms with Gasteiger partial charge in [0.05, 0.1) is 35.2 Å². The predicted molar refractivity (Wildman–Crippen MR) is 95.7 cm³/mol. The van der Waals surface area contributed by atoms with Crippen LogP contribution in [-0.2, 0) is 0 Å². The largest absolute Gasteiger partial charge is 0.490 e.